The van der Waals surface area contributed by atoms with Crippen molar-refractivity contribution < 1.29 is 14.5 Å². The first-order valence-electron chi connectivity index (χ1n) is 11.6. The van der Waals surface area contributed by atoms with E-state index < -0.39 is 14.0 Å². The molecule has 2 aliphatic rings. The maximum atomic E-state index is 12.1. The molecule has 0 N–H and O–H groups in total. The molecule has 0 fully saturated rings. The number of nitrogens with zero attached hydrogens (tertiary/aromatic N) is 2. The zero-order valence-electron chi connectivity index (χ0n) is 20.5. The van der Waals surface area contributed by atoms with Gasteiger partial charge in [-0.3, -0.25) is 0 Å². The summed E-state index contributed by atoms with van der Waals surface area (Å²) in [7, 11) is 6.01. The molecule has 1 aliphatic carbocycles. The minimum atomic E-state index is -2.19. The Morgan fingerprint density at radius 1 is 1.09 bits per heavy atom. The number of allylic oxidation sites excluding steroid dienone is 5. The molecule has 0 saturated carbocycles. The minimum Gasteiger partial charge on any atom is -0.545 e. The molecule has 0 bridgehead atoms. The van der Waals surface area contributed by atoms with Gasteiger partial charge in [-0.25, -0.2) is 4.58 Å². The van der Waals surface area contributed by atoms with Gasteiger partial charge in [-0.1, -0.05) is 36.9 Å². The SMILES string of the molecule is CN(C)c1ccc2c(c1)[Si@](C)(CCCCl)C1=CC(=[N+](C)C)C=CC1=C2c1ccccc1C(=O)[O-]. The predicted molar refractivity (Wildman–Crippen MR) is 143 cm³/mol. The molecule has 6 heteroatoms. The van der Waals surface area contributed by atoms with Gasteiger partial charge in [-0.05, 0) is 63.3 Å². The number of aromatic carboxylic acids is 1. The maximum Gasteiger partial charge on any atom is 0.199 e. The number of rotatable bonds is 6. The van der Waals surface area contributed by atoms with Gasteiger partial charge in [0.2, 0.25) is 0 Å². The first kappa shape index (κ1) is 24.2. The van der Waals surface area contributed by atoms with Crippen LogP contribution in [0.4, 0.5) is 5.69 Å². The van der Waals surface area contributed by atoms with E-state index in [0.29, 0.717) is 11.4 Å². The van der Waals surface area contributed by atoms with Crippen LogP contribution in [-0.2, 0) is 0 Å². The Morgan fingerprint density at radius 2 is 1.82 bits per heavy atom. The van der Waals surface area contributed by atoms with Crippen LogP contribution in [0.2, 0.25) is 12.6 Å². The molecule has 4 nitrogen and oxygen atoms in total. The number of hydrogen-bond acceptors (Lipinski definition) is 3. The number of hydrogen-bond donors (Lipinski definition) is 0. The summed E-state index contributed by atoms with van der Waals surface area (Å²) in [6, 6.07) is 14.8. The zero-order chi connectivity index (χ0) is 24.6. The van der Waals surface area contributed by atoms with Gasteiger partial charge in [0.1, 0.15) is 22.2 Å². The normalized spacial score (nSPS) is 18.9. The highest BCUT2D eigenvalue weighted by atomic mass is 35.5. The average molecular weight is 491 g/mol. The summed E-state index contributed by atoms with van der Waals surface area (Å²) in [4.78, 5) is 14.2. The molecule has 0 spiro atoms. The number of halogens is 1. The zero-order valence-corrected chi connectivity index (χ0v) is 22.2. The highest BCUT2D eigenvalue weighted by Gasteiger charge is 2.43. The first-order chi connectivity index (χ1) is 16.2. The second kappa shape index (κ2) is 9.39. The van der Waals surface area contributed by atoms with E-state index in [9.17, 15) is 9.90 Å². The van der Waals surface area contributed by atoms with Gasteiger partial charge in [0, 0.05) is 43.4 Å². The molecule has 0 unspecified atom stereocenters. The Labute approximate surface area is 208 Å². The number of carbonyl (C=O) groups excluding carboxylic acids is 1. The molecule has 0 radical (unpaired) electrons. The lowest BCUT2D eigenvalue weighted by molar-refractivity contribution is -0.462. The second-order valence-electron chi connectivity index (χ2n) is 9.58. The predicted octanol–water partition coefficient (Wildman–Crippen LogP) is 3.59. The van der Waals surface area contributed by atoms with E-state index in [-0.39, 0.29) is 5.56 Å². The highest BCUT2D eigenvalue weighted by molar-refractivity contribution is 6.99. The first-order valence-corrected chi connectivity index (χ1v) is 14.8. The third-order valence-corrected chi connectivity index (χ3v) is 11.8. The topological polar surface area (TPSA) is 46.4 Å². The molecule has 4 rings (SSSR count). The quantitative estimate of drug-likeness (QED) is 0.353. The van der Waals surface area contributed by atoms with Crippen molar-refractivity contribution in [3.8, 4) is 0 Å². The standard InChI is InChI=1S/C28H31ClN2O2Si/c1-30(2)19-11-13-23-25(17-19)34(5,16-8-15-29)26-18-20(31(3)4)12-14-24(26)27(23)21-9-6-7-10-22(21)28(32)33/h6-7,9-14,17-18H,8,15-16H2,1-5H3. The fourth-order valence-electron chi connectivity index (χ4n) is 5.12. The van der Waals surface area contributed by atoms with E-state index in [4.69, 9.17) is 11.6 Å². The molecular weight excluding hydrogens is 460 g/mol. The number of carboxylic acids is 1. The molecular formula is C28H31ClN2O2Si. The van der Waals surface area contributed by atoms with E-state index in [1.165, 1.54) is 10.4 Å². The molecule has 2 aromatic rings. The Bertz CT molecular complexity index is 1290. The van der Waals surface area contributed by atoms with Crippen molar-refractivity contribution in [2.75, 3.05) is 39.0 Å². The molecule has 0 saturated heterocycles. The van der Waals surface area contributed by atoms with Crippen molar-refractivity contribution in [3.63, 3.8) is 0 Å². The number of alkyl halides is 1. The van der Waals surface area contributed by atoms with Crippen molar-refractivity contribution in [2.45, 2.75) is 19.0 Å². The van der Waals surface area contributed by atoms with Crippen LogP contribution in [0, 0.1) is 0 Å². The number of fused-ring (bicyclic) bond motifs is 2. The number of carbonyl (C=O) groups is 1. The van der Waals surface area contributed by atoms with Gasteiger partial charge in [0.05, 0.1) is 5.97 Å². The maximum absolute atomic E-state index is 12.1. The summed E-state index contributed by atoms with van der Waals surface area (Å²) < 4.78 is 2.12. The number of anilines is 1. The molecule has 1 atom stereocenters. The van der Waals surface area contributed by atoms with Gasteiger partial charge in [-0.15, -0.1) is 11.6 Å². The molecule has 1 aliphatic heterocycles. The van der Waals surface area contributed by atoms with Gasteiger partial charge < -0.3 is 14.8 Å². The van der Waals surface area contributed by atoms with Crippen LogP contribution in [0.5, 0.6) is 0 Å². The van der Waals surface area contributed by atoms with Crippen LogP contribution < -0.4 is 15.2 Å². The van der Waals surface area contributed by atoms with E-state index >= 15 is 0 Å². The molecule has 1 heterocycles. The summed E-state index contributed by atoms with van der Waals surface area (Å²) in [5.74, 6) is -0.535. The van der Waals surface area contributed by atoms with Crippen molar-refractivity contribution in [1.29, 1.82) is 0 Å². The fourth-order valence-corrected chi connectivity index (χ4v) is 9.73. The summed E-state index contributed by atoms with van der Waals surface area (Å²) in [5.41, 5.74) is 6.41. The third-order valence-electron chi connectivity index (χ3n) is 6.99. The molecule has 0 aromatic heterocycles. The number of benzene rings is 2. The van der Waals surface area contributed by atoms with Crippen LogP contribution in [0.1, 0.15) is 27.9 Å². The van der Waals surface area contributed by atoms with Gasteiger partial charge in [0.15, 0.2) is 5.71 Å². The van der Waals surface area contributed by atoms with E-state index in [0.717, 1.165) is 40.6 Å². The molecule has 2 aromatic carbocycles. The lowest BCUT2D eigenvalue weighted by Gasteiger charge is -2.41. The Balaban J connectivity index is 2.14. The molecule has 176 valence electrons. The Hall–Kier alpha value is -2.89. The van der Waals surface area contributed by atoms with Crippen molar-refractivity contribution in [3.05, 3.63) is 88.2 Å². The fraction of sp³-hybridized carbons (Fsp3) is 0.286. The van der Waals surface area contributed by atoms with E-state index in [1.54, 1.807) is 12.1 Å². The van der Waals surface area contributed by atoms with Crippen LogP contribution in [-0.4, -0.2) is 58.4 Å². The van der Waals surface area contributed by atoms with E-state index in [2.05, 4.69) is 80.6 Å². The van der Waals surface area contributed by atoms with Gasteiger partial charge in [0.25, 0.3) is 0 Å². The molecule has 34 heavy (non-hydrogen) atoms. The van der Waals surface area contributed by atoms with Crippen LogP contribution in [0.3, 0.4) is 0 Å². The smallest absolute Gasteiger partial charge is 0.199 e. The van der Waals surface area contributed by atoms with Gasteiger partial charge >= 0.3 is 0 Å². The number of carboxylic acid groups (broad SMARTS) is 1. The van der Waals surface area contributed by atoms with Crippen LogP contribution in [0.25, 0.3) is 5.57 Å². The average Bonchev–Trinajstić information content (AvgIpc) is 2.82. The third kappa shape index (κ3) is 4.08. The molecule has 0 amide bonds. The minimum absolute atomic E-state index is 0.216. The monoisotopic (exact) mass is 490 g/mol. The van der Waals surface area contributed by atoms with Gasteiger partial charge in [-0.2, -0.15) is 0 Å². The van der Waals surface area contributed by atoms with Crippen molar-refractivity contribution in [1.82, 2.24) is 0 Å². The Morgan fingerprint density at radius 3 is 2.47 bits per heavy atom. The van der Waals surface area contributed by atoms with E-state index in [1.807, 2.05) is 12.1 Å². The summed E-state index contributed by atoms with van der Waals surface area (Å²) in [6.07, 6.45) is 7.53. The van der Waals surface area contributed by atoms with Crippen LogP contribution in [0.15, 0.2) is 71.5 Å². The summed E-state index contributed by atoms with van der Waals surface area (Å²) in [6.45, 7) is 2.43. The van der Waals surface area contributed by atoms with Crippen molar-refractivity contribution in [2.24, 2.45) is 0 Å². The highest BCUT2D eigenvalue weighted by Crippen LogP contribution is 2.44. The largest absolute Gasteiger partial charge is 0.545 e. The Kier molecular flexibility index (Phi) is 6.70. The summed E-state index contributed by atoms with van der Waals surface area (Å²) in [5, 5.41) is 14.8. The summed E-state index contributed by atoms with van der Waals surface area (Å²) >= 11 is 6.21. The second-order valence-corrected chi connectivity index (χ2v) is 14.2. The van der Waals surface area contributed by atoms with Crippen molar-refractivity contribution >= 4 is 47.8 Å². The lowest BCUT2D eigenvalue weighted by Crippen LogP contribution is -2.52. The van der Waals surface area contributed by atoms with Crippen LogP contribution >= 0.6 is 11.6 Å². The lowest BCUT2D eigenvalue weighted by atomic mass is 9.87.